The van der Waals surface area contributed by atoms with Gasteiger partial charge in [0.15, 0.2) is 11.6 Å². The molecule has 5 rings (SSSR count). The van der Waals surface area contributed by atoms with Crippen molar-refractivity contribution in [2.45, 2.75) is 50.8 Å². The van der Waals surface area contributed by atoms with Crippen LogP contribution in [0.4, 0.5) is 0 Å². The average Bonchev–Trinajstić information content (AvgIpc) is 2.90. The fourth-order valence-electron chi connectivity index (χ4n) is 7.14. The molecule has 7 heteroatoms. The predicted molar refractivity (Wildman–Crippen MR) is 90.9 cm³/mol. The minimum Gasteiger partial charge on any atom is -0.462 e. The Hall–Kier alpha value is -1.54. The van der Waals surface area contributed by atoms with Gasteiger partial charge in [-0.15, -0.1) is 0 Å². The summed E-state index contributed by atoms with van der Waals surface area (Å²) in [4.78, 5) is 24.8. The predicted octanol–water partition coefficient (Wildman–Crippen LogP) is 0.0863. The lowest BCUT2D eigenvalue weighted by Gasteiger charge is -2.66. The molecule has 27 heavy (non-hydrogen) atoms. The van der Waals surface area contributed by atoms with E-state index in [2.05, 4.69) is 6.58 Å². The van der Waals surface area contributed by atoms with E-state index in [9.17, 15) is 24.9 Å². The molecule has 7 nitrogen and oxygen atoms in total. The van der Waals surface area contributed by atoms with Crippen LogP contribution in [0.5, 0.6) is 0 Å². The van der Waals surface area contributed by atoms with Crippen LogP contribution in [0.2, 0.25) is 0 Å². The highest BCUT2D eigenvalue weighted by Gasteiger charge is 2.81. The fourth-order valence-corrected chi connectivity index (χ4v) is 7.14. The molecule has 2 saturated heterocycles. The first-order valence-electron chi connectivity index (χ1n) is 9.41. The van der Waals surface area contributed by atoms with E-state index in [0.29, 0.717) is 12.0 Å². The summed E-state index contributed by atoms with van der Waals surface area (Å²) < 4.78 is 11.5. The van der Waals surface area contributed by atoms with Crippen molar-refractivity contribution in [1.82, 2.24) is 0 Å². The van der Waals surface area contributed by atoms with Crippen LogP contribution in [-0.2, 0) is 19.1 Å². The van der Waals surface area contributed by atoms with Crippen LogP contribution in [0, 0.1) is 28.6 Å². The Kier molecular flexibility index (Phi) is 3.18. The number of carbonyl (C=O) groups excluding carboxylic acids is 2. The quantitative estimate of drug-likeness (QED) is 0.405. The van der Waals surface area contributed by atoms with Crippen LogP contribution < -0.4 is 0 Å². The lowest BCUT2D eigenvalue weighted by molar-refractivity contribution is -0.305. The van der Waals surface area contributed by atoms with Crippen molar-refractivity contribution in [3.8, 4) is 0 Å². The van der Waals surface area contributed by atoms with Gasteiger partial charge in [0.05, 0.1) is 13.0 Å². The minimum absolute atomic E-state index is 0.0436. The third-order valence-corrected chi connectivity index (χ3v) is 8.19. The number of allylic oxidation sites excluding steroid dienone is 1. The zero-order chi connectivity index (χ0) is 19.5. The summed E-state index contributed by atoms with van der Waals surface area (Å²) in [7, 11) is 0. The molecular formula is C20H24O7. The number of fused-ring (bicyclic) bond motifs is 1. The molecule has 9 atom stereocenters. The first kappa shape index (κ1) is 17.6. The molecule has 5 aliphatic rings. The van der Waals surface area contributed by atoms with Gasteiger partial charge < -0.3 is 24.8 Å². The summed E-state index contributed by atoms with van der Waals surface area (Å²) in [5.41, 5.74) is -0.730. The number of hydrogen-bond donors (Lipinski definition) is 3. The number of esters is 1. The summed E-state index contributed by atoms with van der Waals surface area (Å²) in [6, 6.07) is 0. The normalized spacial score (nSPS) is 56.2. The van der Waals surface area contributed by atoms with Gasteiger partial charge in [-0.1, -0.05) is 19.1 Å². The van der Waals surface area contributed by atoms with Crippen molar-refractivity contribution in [2.75, 3.05) is 6.61 Å². The van der Waals surface area contributed by atoms with E-state index in [1.54, 1.807) is 6.92 Å². The first-order valence-corrected chi connectivity index (χ1v) is 9.41. The molecule has 0 aromatic rings. The lowest BCUT2D eigenvalue weighted by Crippen LogP contribution is -2.74. The molecule has 2 heterocycles. The van der Waals surface area contributed by atoms with Gasteiger partial charge in [-0.2, -0.15) is 0 Å². The standard InChI is InChI=1S/C20H24O7/c1-8-4-12(21)16(24)18(3)10(8)5-13-19-7-26-20(25,17(18)19)15(23)9(2)11(19)6-14(22)27-13/h4,10-11,13,15-17,23-25H,2,5-7H2,1,3H3/t10-,11+,13-,15-,16-,17+,18+,19-,20-/m0/s1. The lowest BCUT2D eigenvalue weighted by atomic mass is 9.39. The number of aliphatic hydroxyl groups excluding tert-OH is 2. The van der Waals surface area contributed by atoms with Crippen LogP contribution in [0.25, 0.3) is 0 Å². The SMILES string of the molecule is C=C1[C@H]2CC(=O)O[C@H]3C[C@H]4C(C)=CC(=O)[C@H](O)[C@]4(C)[C@H]4[C@@](O)(OC[C@@]324)[C@H]1O. The summed E-state index contributed by atoms with van der Waals surface area (Å²) in [5, 5.41) is 33.3. The highest BCUT2D eigenvalue weighted by molar-refractivity contribution is 5.96. The number of ether oxygens (including phenoxy) is 2. The second-order valence-electron chi connectivity index (χ2n) is 9.15. The van der Waals surface area contributed by atoms with Gasteiger partial charge in [-0.05, 0) is 30.9 Å². The Morgan fingerprint density at radius 1 is 1.22 bits per heavy atom. The van der Waals surface area contributed by atoms with Gasteiger partial charge in [-0.3, -0.25) is 9.59 Å². The van der Waals surface area contributed by atoms with Crippen molar-refractivity contribution in [2.24, 2.45) is 28.6 Å². The molecule has 0 radical (unpaired) electrons. The van der Waals surface area contributed by atoms with Gasteiger partial charge in [0.1, 0.15) is 18.3 Å². The van der Waals surface area contributed by atoms with Gasteiger partial charge in [0.25, 0.3) is 0 Å². The second-order valence-corrected chi connectivity index (χ2v) is 9.15. The van der Waals surface area contributed by atoms with E-state index in [4.69, 9.17) is 9.47 Å². The van der Waals surface area contributed by atoms with Gasteiger partial charge >= 0.3 is 5.97 Å². The van der Waals surface area contributed by atoms with E-state index in [-0.39, 0.29) is 24.9 Å². The first-order chi connectivity index (χ1) is 12.6. The second kappa shape index (κ2) is 4.89. The maximum atomic E-state index is 12.5. The van der Waals surface area contributed by atoms with Crippen molar-refractivity contribution >= 4 is 11.8 Å². The summed E-state index contributed by atoms with van der Waals surface area (Å²) in [6.45, 7) is 7.64. The number of hydrogen-bond acceptors (Lipinski definition) is 7. The molecule has 2 aliphatic heterocycles. The van der Waals surface area contributed by atoms with Crippen molar-refractivity contribution in [3.63, 3.8) is 0 Å². The van der Waals surface area contributed by atoms with Crippen molar-refractivity contribution in [3.05, 3.63) is 23.8 Å². The molecule has 2 saturated carbocycles. The summed E-state index contributed by atoms with van der Waals surface area (Å²) in [6.07, 6.45) is -1.36. The molecule has 0 unspecified atom stereocenters. The fraction of sp³-hybridized carbons (Fsp3) is 0.700. The van der Waals surface area contributed by atoms with E-state index in [1.807, 2.05) is 6.92 Å². The molecular weight excluding hydrogens is 352 g/mol. The Balaban J connectivity index is 1.79. The highest BCUT2D eigenvalue weighted by atomic mass is 16.6. The monoisotopic (exact) mass is 376 g/mol. The van der Waals surface area contributed by atoms with Crippen molar-refractivity contribution < 1.29 is 34.4 Å². The zero-order valence-corrected chi connectivity index (χ0v) is 15.3. The third kappa shape index (κ3) is 1.69. The molecule has 2 bridgehead atoms. The maximum absolute atomic E-state index is 12.5. The molecule has 1 spiro atoms. The number of aliphatic hydroxyl groups is 3. The smallest absolute Gasteiger partial charge is 0.306 e. The molecule has 4 fully saturated rings. The van der Waals surface area contributed by atoms with Crippen molar-refractivity contribution in [1.29, 1.82) is 0 Å². The van der Waals surface area contributed by atoms with Gasteiger partial charge in [0.2, 0.25) is 0 Å². The Bertz CT molecular complexity index is 817. The Labute approximate surface area is 156 Å². The maximum Gasteiger partial charge on any atom is 0.306 e. The highest BCUT2D eigenvalue weighted by Crippen LogP contribution is 2.73. The molecule has 146 valence electrons. The number of carbonyl (C=O) groups is 2. The topological polar surface area (TPSA) is 113 Å². The van der Waals surface area contributed by atoms with Gasteiger partial charge in [0, 0.05) is 22.7 Å². The van der Waals surface area contributed by atoms with Crippen LogP contribution in [0.1, 0.15) is 26.7 Å². The average molecular weight is 376 g/mol. The molecule has 0 aromatic carbocycles. The van der Waals surface area contributed by atoms with E-state index in [1.165, 1.54) is 6.08 Å². The van der Waals surface area contributed by atoms with E-state index < -0.39 is 52.5 Å². The van der Waals surface area contributed by atoms with Crippen LogP contribution in [0.15, 0.2) is 23.8 Å². The molecule has 0 aromatic heterocycles. The van der Waals surface area contributed by atoms with Crippen LogP contribution in [-0.4, -0.2) is 57.8 Å². The third-order valence-electron chi connectivity index (χ3n) is 8.19. The largest absolute Gasteiger partial charge is 0.462 e. The van der Waals surface area contributed by atoms with Gasteiger partial charge in [-0.25, -0.2) is 0 Å². The number of rotatable bonds is 0. The van der Waals surface area contributed by atoms with Crippen LogP contribution in [0.3, 0.4) is 0 Å². The summed E-state index contributed by atoms with van der Waals surface area (Å²) in [5.74, 6) is -4.25. The van der Waals surface area contributed by atoms with Crippen LogP contribution >= 0.6 is 0 Å². The Morgan fingerprint density at radius 3 is 2.63 bits per heavy atom. The number of ketones is 1. The van der Waals surface area contributed by atoms with E-state index in [0.717, 1.165) is 5.57 Å². The van der Waals surface area contributed by atoms with E-state index >= 15 is 0 Å². The minimum atomic E-state index is -1.98. The zero-order valence-electron chi connectivity index (χ0n) is 15.3. The summed E-state index contributed by atoms with van der Waals surface area (Å²) >= 11 is 0. The molecule has 3 aliphatic carbocycles. The molecule has 0 amide bonds. The molecule has 3 N–H and O–H groups in total. The Morgan fingerprint density at radius 2 is 1.93 bits per heavy atom.